The van der Waals surface area contributed by atoms with Crippen molar-refractivity contribution in [2.24, 2.45) is 45.3 Å². The summed E-state index contributed by atoms with van der Waals surface area (Å²) in [7, 11) is 0. The van der Waals surface area contributed by atoms with Crippen LogP contribution in [0.15, 0.2) is 23.8 Å². The van der Waals surface area contributed by atoms with Gasteiger partial charge in [-0.25, -0.2) is 0 Å². The molecule has 7 atom stereocenters. The third-order valence-corrected chi connectivity index (χ3v) is 11.6. The molecular weight excluding hydrogens is 392 g/mol. The lowest BCUT2D eigenvalue weighted by Crippen LogP contribution is -2.55. The SMILES string of the molecule is C=C1CC[C@H]2C(C)(C)C(O)CC[C@]2(C)[C@H]1CC[C@H]1C(C)=CC[C@H]2C(C)(C)C(=O)CC[C@]12C. The molecule has 3 saturated carbocycles. The smallest absolute Gasteiger partial charge is 0.138 e. The zero-order chi connectivity index (χ0) is 23.7. The van der Waals surface area contributed by atoms with Gasteiger partial charge in [-0.05, 0) is 98.2 Å². The monoisotopic (exact) mass is 440 g/mol. The van der Waals surface area contributed by atoms with Gasteiger partial charge in [0.15, 0.2) is 0 Å². The Balaban J connectivity index is 1.59. The van der Waals surface area contributed by atoms with Crippen LogP contribution >= 0.6 is 0 Å². The number of hydrogen-bond donors (Lipinski definition) is 1. The van der Waals surface area contributed by atoms with Gasteiger partial charge in [0.05, 0.1) is 6.10 Å². The standard InChI is InChI=1S/C30H48O2/c1-19-9-13-23-27(3,4)25(31)15-17-29(23,7)21(19)11-12-22-20(2)10-14-24-28(5,6)26(32)16-18-30(22,24)8/h10,21-25,31H,1,9,11-18H2,2-8H3/t21-,22-,23-,24-,25?,29+,30+/m0/s1. The summed E-state index contributed by atoms with van der Waals surface area (Å²) < 4.78 is 0. The highest BCUT2D eigenvalue weighted by molar-refractivity contribution is 5.85. The highest BCUT2D eigenvalue weighted by atomic mass is 16.3. The molecule has 0 bridgehead atoms. The first-order valence-electron chi connectivity index (χ1n) is 13.3. The minimum atomic E-state index is -0.211. The zero-order valence-corrected chi connectivity index (χ0v) is 21.9. The molecule has 4 aliphatic rings. The van der Waals surface area contributed by atoms with Crippen LogP contribution in [0.2, 0.25) is 0 Å². The number of ketones is 1. The number of rotatable bonds is 3. The Morgan fingerprint density at radius 3 is 2.25 bits per heavy atom. The first kappa shape index (κ1) is 24.2. The van der Waals surface area contributed by atoms with Crippen molar-refractivity contribution in [3.63, 3.8) is 0 Å². The molecule has 180 valence electrons. The second kappa shape index (κ2) is 7.82. The van der Waals surface area contributed by atoms with Crippen molar-refractivity contribution in [3.8, 4) is 0 Å². The molecule has 1 N–H and O–H groups in total. The van der Waals surface area contributed by atoms with Crippen molar-refractivity contribution in [1.29, 1.82) is 0 Å². The van der Waals surface area contributed by atoms with Crippen LogP contribution in [-0.4, -0.2) is 17.0 Å². The maximum absolute atomic E-state index is 12.8. The minimum absolute atomic E-state index is 0.0164. The molecule has 4 rings (SSSR count). The average Bonchev–Trinajstić information content (AvgIpc) is 2.69. The van der Waals surface area contributed by atoms with E-state index in [1.54, 1.807) is 5.57 Å². The zero-order valence-electron chi connectivity index (χ0n) is 21.9. The van der Waals surface area contributed by atoms with Crippen molar-refractivity contribution in [2.45, 2.75) is 112 Å². The fraction of sp³-hybridized carbons (Fsp3) is 0.833. The van der Waals surface area contributed by atoms with Gasteiger partial charge in [0.2, 0.25) is 0 Å². The van der Waals surface area contributed by atoms with E-state index in [1.807, 2.05) is 0 Å². The number of aliphatic hydroxyl groups excluding tert-OH is 1. The van der Waals surface area contributed by atoms with E-state index in [1.165, 1.54) is 24.8 Å². The fourth-order valence-corrected chi connectivity index (χ4v) is 9.43. The molecule has 0 aromatic rings. The van der Waals surface area contributed by atoms with E-state index < -0.39 is 0 Å². The van der Waals surface area contributed by atoms with Crippen LogP contribution in [0.1, 0.15) is 106 Å². The van der Waals surface area contributed by atoms with Crippen molar-refractivity contribution in [1.82, 2.24) is 0 Å². The van der Waals surface area contributed by atoms with E-state index in [2.05, 4.69) is 61.1 Å². The fourth-order valence-electron chi connectivity index (χ4n) is 9.43. The molecule has 0 saturated heterocycles. The van der Waals surface area contributed by atoms with Gasteiger partial charge in [0.25, 0.3) is 0 Å². The molecule has 0 amide bonds. The molecule has 0 heterocycles. The predicted octanol–water partition coefficient (Wildman–Crippen LogP) is 7.51. The summed E-state index contributed by atoms with van der Waals surface area (Å²) in [6, 6.07) is 0. The predicted molar refractivity (Wildman–Crippen MR) is 133 cm³/mol. The van der Waals surface area contributed by atoms with Gasteiger partial charge in [0.1, 0.15) is 5.78 Å². The average molecular weight is 441 g/mol. The number of aliphatic hydroxyl groups is 1. The molecular formula is C30H48O2. The van der Waals surface area contributed by atoms with Crippen LogP contribution in [0, 0.1) is 45.3 Å². The Bertz CT molecular complexity index is 817. The largest absolute Gasteiger partial charge is 0.393 e. The van der Waals surface area contributed by atoms with E-state index in [4.69, 9.17) is 0 Å². The highest BCUT2D eigenvalue weighted by Crippen LogP contribution is 2.64. The summed E-state index contributed by atoms with van der Waals surface area (Å²) >= 11 is 0. The number of allylic oxidation sites excluding steroid dienone is 3. The lowest BCUT2D eigenvalue weighted by atomic mass is 9.45. The summed E-state index contributed by atoms with van der Waals surface area (Å²) in [5, 5.41) is 10.8. The Morgan fingerprint density at radius 2 is 1.56 bits per heavy atom. The van der Waals surface area contributed by atoms with E-state index in [9.17, 15) is 9.90 Å². The molecule has 0 aromatic heterocycles. The molecule has 2 nitrogen and oxygen atoms in total. The van der Waals surface area contributed by atoms with E-state index >= 15 is 0 Å². The Morgan fingerprint density at radius 1 is 0.938 bits per heavy atom. The van der Waals surface area contributed by atoms with Gasteiger partial charge in [-0.15, -0.1) is 0 Å². The van der Waals surface area contributed by atoms with Crippen LogP contribution in [0.5, 0.6) is 0 Å². The molecule has 0 spiro atoms. The summed E-state index contributed by atoms with van der Waals surface area (Å²) in [5.41, 5.74) is 3.24. The van der Waals surface area contributed by atoms with Gasteiger partial charge in [-0.2, -0.15) is 0 Å². The maximum Gasteiger partial charge on any atom is 0.138 e. The second-order valence-electron chi connectivity index (χ2n) is 13.7. The Labute approximate surface area is 197 Å². The molecule has 3 fully saturated rings. The first-order valence-corrected chi connectivity index (χ1v) is 13.3. The highest BCUT2D eigenvalue weighted by Gasteiger charge is 2.57. The number of Topliss-reactive ketones (excluding diaryl/α,β-unsaturated/α-hetero) is 1. The van der Waals surface area contributed by atoms with E-state index in [0.717, 1.165) is 38.5 Å². The first-order chi connectivity index (χ1) is 14.8. The molecule has 2 heteroatoms. The molecule has 32 heavy (non-hydrogen) atoms. The lowest BCUT2D eigenvalue weighted by Gasteiger charge is -2.60. The summed E-state index contributed by atoms with van der Waals surface area (Å²) in [6.07, 6.45) is 11.8. The van der Waals surface area contributed by atoms with Crippen LogP contribution < -0.4 is 0 Å². The Kier molecular flexibility index (Phi) is 5.93. The van der Waals surface area contributed by atoms with E-state index in [-0.39, 0.29) is 27.8 Å². The van der Waals surface area contributed by atoms with Crippen molar-refractivity contribution in [2.75, 3.05) is 0 Å². The second-order valence-corrected chi connectivity index (χ2v) is 13.7. The van der Waals surface area contributed by atoms with Gasteiger partial charge in [0, 0.05) is 11.8 Å². The molecule has 0 aromatic carbocycles. The summed E-state index contributed by atoms with van der Waals surface area (Å²) in [6.45, 7) is 20.9. The van der Waals surface area contributed by atoms with Crippen LogP contribution in [-0.2, 0) is 4.79 Å². The van der Waals surface area contributed by atoms with Crippen LogP contribution in [0.4, 0.5) is 0 Å². The minimum Gasteiger partial charge on any atom is -0.393 e. The van der Waals surface area contributed by atoms with Crippen LogP contribution in [0.3, 0.4) is 0 Å². The van der Waals surface area contributed by atoms with Gasteiger partial charge >= 0.3 is 0 Å². The van der Waals surface area contributed by atoms with Gasteiger partial charge in [-0.1, -0.05) is 65.3 Å². The summed E-state index contributed by atoms with van der Waals surface area (Å²) in [5.74, 6) is 2.58. The summed E-state index contributed by atoms with van der Waals surface area (Å²) in [4.78, 5) is 12.8. The molecule has 4 aliphatic carbocycles. The molecule has 1 unspecified atom stereocenters. The molecule has 0 aliphatic heterocycles. The maximum atomic E-state index is 12.8. The van der Waals surface area contributed by atoms with Crippen LogP contribution in [0.25, 0.3) is 0 Å². The number of hydrogen-bond acceptors (Lipinski definition) is 2. The number of carbonyl (C=O) groups is 1. The van der Waals surface area contributed by atoms with Crippen molar-refractivity contribution < 1.29 is 9.90 Å². The number of fused-ring (bicyclic) bond motifs is 2. The third-order valence-electron chi connectivity index (χ3n) is 11.6. The van der Waals surface area contributed by atoms with Gasteiger partial charge in [-0.3, -0.25) is 4.79 Å². The normalized spacial score (nSPS) is 45.6. The topological polar surface area (TPSA) is 37.3 Å². The lowest BCUT2D eigenvalue weighted by molar-refractivity contribution is -0.143. The van der Waals surface area contributed by atoms with Crippen molar-refractivity contribution >= 4 is 5.78 Å². The number of carbonyl (C=O) groups excluding carboxylic acids is 1. The molecule has 0 radical (unpaired) electrons. The quantitative estimate of drug-likeness (QED) is 0.461. The van der Waals surface area contributed by atoms with Crippen molar-refractivity contribution in [3.05, 3.63) is 23.8 Å². The van der Waals surface area contributed by atoms with E-state index in [0.29, 0.717) is 29.5 Å². The third kappa shape index (κ3) is 3.41. The van der Waals surface area contributed by atoms with Gasteiger partial charge < -0.3 is 5.11 Å². The Hall–Kier alpha value is -0.890.